The summed E-state index contributed by atoms with van der Waals surface area (Å²) in [7, 11) is 0. The Morgan fingerprint density at radius 3 is 2.36 bits per heavy atom. The molecule has 0 amide bonds. The average Bonchev–Trinajstić information content (AvgIpc) is 2.42. The highest BCUT2D eigenvalue weighted by molar-refractivity contribution is 5.48. The number of aromatic amines is 1. The van der Waals surface area contributed by atoms with Gasteiger partial charge in [0.25, 0.3) is 0 Å². The summed E-state index contributed by atoms with van der Waals surface area (Å²) in [6, 6.07) is 2.06. The van der Waals surface area contributed by atoms with Gasteiger partial charge in [-0.15, -0.1) is 0 Å². The summed E-state index contributed by atoms with van der Waals surface area (Å²) < 4.78 is 0. The molecule has 0 saturated carbocycles. The van der Waals surface area contributed by atoms with Crippen molar-refractivity contribution in [1.82, 2.24) is 4.98 Å². The molecule has 0 aliphatic heterocycles. The van der Waals surface area contributed by atoms with Crippen LogP contribution in [0.25, 0.3) is 6.08 Å². The van der Waals surface area contributed by atoms with E-state index in [9.17, 15) is 0 Å². The number of rotatable bonds is 1. The molecule has 11 heavy (non-hydrogen) atoms. The van der Waals surface area contributed by atoms with E-state index in [0.29, 0.717) is 0 Å². The molecular formula is C10H17N. The van der Waals surface area contributed by atoms with Crippen LogP contribution >= 0.6 is 0 Å². The molecule has 0 atom stereocenters. The van der Waals surface area contributed by atoms with Gasteiger partial charge >= 0.3 is 0 Å². The molecule has 0 spiro atoms. The van der Waals surface area contributed by atoms with Crippen LogP contribution in [-0.4, -0.2) is 4.98 Å². The Morgan fingerprint density at radius 1 is 1.36 bits per heavy atom. The lowest BCUT2D eigenvalue weighted by atomic mass is 10.2. The maximum absolute atomic E-state index is 3.12. The SMILES string of the molecule is C/C=C\c1[nH]ccc1C.CC. The van der Waals surface area contributed by atoms with E-state index >= 15 is 0 Å². The van der Waals surface area contributed by atoms with Crippen molar-refractivity contribution in [3.8, 4) is 0 Å². The second-order valence-electron chi connectivity index (χ2n) is 2.07. The smallest absolute Gasteiger partial charge is 0.0406 e. The van der Waals surface area contributed by atoms with Crippen LogP contribution < -0.4 is 0 Å². The fraction of sp³-hybridized carbons (Fsp3) is 0.400. The minimum atomic E-state index is 1.21. The first-order valence-corrected chi connectivity index (χ1v) is 4.11. The van der Waals surface area contributed by atoms with E-state index in [1.165, 1.54) is 11.3 Å². The normalized spacial score (nSPS) is 9.45. The highest BCUT2D eigenvalue weighted by atomic mass is 14.7. The van der Waals surface area contributed by atoms with E-state index in [1.807, 2.05) is 33.0 Å². The summed E-state index contributed by atoms with van der Waals surface area (Å²) >= 11 is 0. The summed E-state index contributed by atoms with van der Waals surface area (Å²) in [6.45, 7) is 8.10. The molecule has 0 bridgehead atoms. The predicted octanol–water partition coefficient (Wildman–Crippen LogP) is 3.38. The first-order valence-electron chi connectivity index (χ1n) is 4.11. The Morgan fingerprint density at radius 2 is 2.00 bits per heavy atom. The van der Waals surface area contributed by atoms with Crippen molar-refractivity contribution in [3.63, 3.8) is 0 Å². The van der Waals surface area contributed by atoms with Crippen molar-refractivity contribution >= 4 is 6.08 Å². The van der Waals surface area contributed by atoms with Crippen molar-refractivity contribution < 1.29 is 0 Å². The van der Waals surface area contributed by atoms with Crippen LogP contribution in [0.1, 0.15) is 32.0 Å². The van der Waals surface area contributed by atoms with Gasteiger partial charge in [-0.05, 0) is 31.6 Å². The highest BCUT2D eigenvalue weighted by Crippen LogP contribution is 2.05. The number of hydrogen-bond acceptors (Lipinski definition) is 0. The third-order valence-corrected chi connectivity index (χ3v) is 1.33. The van der Waals surface area contributed by atoms with E-state index in [0.717, 1.165) is 0 Å². The van der Waals surface area contributed by atoms with Crippen molar-refractivity contribution in [2.24, 2.45) is 0 Å². The first kappa shape index (κ1) is 10.0. The lowest BCUT2D eigenvalue weighted by Gasteiger charge is -1.86. The van der Waals surface area contributed by atoms with Crippen molar-refractivity contribution in [2.45, 2.75) is 27.7 Å². The molecule has 1 N–H and O–H groups in total. The van der Waals surface area contributed by atoms with Crippen molar-refractivity contribution in [3.05, 3.63) is 29.6 Å². The number of aryl methyl sites for hydroxylation is 1. The van der Waals surface area contributed by atoms with Crippen LogP contribution in [0.3, 0.4) is 0 Å². The van der Waals surface area contributed by atoms with Crippen LogP contribution in [0.15, 0.2) is 18.3 Å². The molecule has 62 valence electrons. The summed E-state index contributed by atoms with van der Waals surface area (Å²) in [6.07, 6.45) is 6.04. The Balaban J connectivity index is 0.000000461. The van der Waals surface area contributed by atoms with E-state index in [1.54, 1.807) is 0 Å². The van der Waals surface area contributed by atoms with Gasteiger partial charge in [0.1, 0.15) is 0 Å². The van der Waals surface area contributed by atoms with Gasteiger partial charge in [-0.3, -0.25) is 0 Å². The number of allylic oxidation sites excluding steroid dienone is 1. The van der Waals surface area contributed by atoms with Crippen molar-refractivity contribution in [2.75, 3.05) is 0 Å². The molecule has 0 unspecified atom stereocenters. The third-order valence-electron chi connectivity index (χ3n) is 1.33. The van der Waals surface area contributed by atoms with E-state index < -0.39 is 0 Å². The van der Waals surface area contributed by atoms with Crippen molar-refractivity contribution in [1.29, 1.82) is 0 Å². The highest BCUT2D eigenvalue weighted by Gasteiger charge is 1.89. The van der Waals surface area contributed by atoms with Gasteiger partial charge in [0.05, 0.1) is 0 Å². The largest absolute Gasteiger partial charge is 0.361 e. The van der Waals surface area contributed by atoms with Gasteiger partial charge in [-0.25, -0.2) is 0 Å². The number of nitrogens with one attached hydrogen (secondary N) is 1. The molecule has 0 aromatic carbocycles. The molecule has 1 nitrogen and oxygen atoms in total. The van der Waals surface area contributed by atoms with Gasteiger partial charge in [0, 0.05) is 11.9 Å². The minimum Gasteiger partial charge on any atom is -0.361 e. The molecule has 0 fully saturated rings. The van der Waals surface area contributed by atoms with Crippen LogP contribution in [-0.2, 0) is 0 Å². The molecule has 1 heteroatoms. The average molecular weight is 151 g/mol. The molecule has 0 radical (unpaired) electrons. The summed E-state index contributed by atoms with van der Waals surface area (Å²) in [5.74, 6) is 0. The molecule has 1 aromatic heterocycles. The molecule has 1 aromatic rings. The van der Waals surface area contributed by atoms with E-state index in [4.69, 9.17) is 0 Å². The van der Waals surface area contributed by atoms with Crippen LogP contribution in [0.4, 0.5) is 0 Å². The molecule has 0 aliphatic carbocycles. The standard InChI is InChI=1S/C8H11N.C2H6/c1-3-4-8-7(2)5-6-9-8;1-2/h3-6,9H,1-2H3;1-2H3/b4-3-;. The van der Waals surface area contributed by atoms with Gasteiger partial charge < -0.3 is 4.98 Å². The maximum Gasteiger partial charge on any atom is 0.0406 e. The molecule has 1 heterocycles. The van der Waals surface area contributed by atoms with E-state index in [-0.39, 0.29) is 0 Å². The van der Waals surface area contributed by atoms with Crippen LogP contribution in [0.2, 0.25) is 0 Å². The van der Waals surface area contributed by atoms with Gasteiger partial charge in [-0.1, -0.05) is 19.9 Å². The topological polar surface area (TPSA) is 15.8 Å². The fourth-order valence-corrected chi connectivity index (χ4v) is 0.806. The van der Waals surface area contributed by atoms with Gasteiger partial charge in [0.2, 0.25) is 0 Å². The Hall–Kier alpha value is -0.980. The van der Waals surface area contributed by atoms with Crippen LogP contribution in [0, 0.1) is 6.92 Å². The first-order chi connectivity index (χ1) is 5.34. The lowest BCUT2D eigenvalue weighted by Crippen LogP contribution is -1.71. The van der Waals surface area contributed by atoms with Gasteiger partial charge in [0.15, 0.2) is 0 Å². The second kappa shape index (κ2) is 5.78. The zero-order chi connectivity index (χ0) is 8.69. The van der Waals surface area contributed by atoms with Gasteiger partial charge in [-0.2, -0.15) is 0 Å². The number of hydrogen-bond donors (Lipinski definition) is 1. The zero-order valence-corrected chi connectivity index (χ0v) is 7.81. The van der Waals surface area contributed by atoms with Crippen LogP contribution in [0.5, 0.6) is 0 Å². The zero-order valence-electron chi connectivity index (χ0n) is 7.81. The minimum absolute atomic E-state index is 1.21. The molecule has 0 saturated heterocycles. The monoisotopic (exact) mass is 151 g/mol. The molecule has 0 aliphatic rings. The maximum atomic E-state index is 3.12. The fourth-order valence-electron chi connectivity index (χ4n) is 0.806. The molecular weight excluding hydrogens is 134 g/mol. The summed E-state index contributed by atoms with van der Waals surface area (Å²) in [5.41, 5.74) is 2.51. The lowest BCUT2D eigenvalue weighted by molar-refractivity contribution is 1.34. The number of H-pyrrole nitrogens is 1. The summed E-state index contributed by atoms with van der Waals surface area (Å²) in [5, 5.41) is 0. The Bertz CT molecular complexity index is 208. The Kier molecular flexibility index (Phi) is 5.26. The predicted molar refractivity (Wildman–Crippen MR) is 51.6 cm³/mol. The quantitative estimate of drug-likeness (QED) is 0.633. The third kappa shape index (κ3) is 3.08. The Labute approximate surface area is 69.1 Å². The van der Waals surface area contributed by atoms with E-state index in [2.05, 4.69) is 24.1 Å². The number of aromatic nitrogens is 1. The molecule has 1 rings (SSSR count). The second-order valence-corrected chi connectivity index (χ2v) is 2.07. The summed E-state index contributed by atoms with van der Waals surface area (Å²) in [4.78, 5) is 3.12.